The molecule has 3 aliphatic rings. The quantitative estimate of drug-likeness (QED) is 0.563. The second kappa shape index (κ2) is 9.86. The molecule has 2 aromatic carbocycles. The summed E-state index contributed by atoms with van der Waals surface area (Å²) >= 11 is 0. The van der Waals surface area contributed by atoms with Crippen LogP contribution in [0, 0.1) is 12.8 Å². The minimum atomic E-state index is -4.02. The Morgan fingerprint density at radius 1 is 1.09 bits per heavy atom. The van der Waals surface area contributed by atoms with E-state index in [0.29, 0.717) is 17.5 Å². The van der Waals surface area contributed by atoms with Gasteiger partial charge in [-0.15, -0.1) is 0 Å². The van der Waals surface area contributed by atoms with E-state index in [9.17, 15) is 13.2 Å². The minimum absolute atomic E-state index is 0.0666. The van der Waals surface area contributed by atoms with Gasteiger partial charge in [-0.25, -0.2) is 4.98 Å². The second-order valence-electron chi connectivity index (χ2n) is 8.41. The normalized spacial score (nSPS) is 21.7. The zero-order valence-corrected chi connectivity index (χ0v) is 19.2. The van der Waals surface area contributed by atoms with Gasteiger partial charge >= 0.3 is 0 Å². The molecule has 2 bridgehead atoms. The maximum absolute atomic E-state index is 12.4. The van der Waals surface area contributed by atoms with Crippen LogP contribution in [0.2, 0.25) is 0 Å². The summed E-state index contributed by atoms with van der Waals surface area (Å²) in [6, 6.07) is 15.8. The summed E-state index contributed by atoms with van der Waals surface area (Å²) in [7, 11) is -4.02. The smallest absolute Gasteiger partial charge is 0.294 e. The van der Waals surface area contributed by atoms with Gasteiger partial charge in [0.1, 0.15) is 6.26 Å². The number of aromatic nitrogens is 1. The fourth-order valence-corrected chi connectivity index (χ4v) is 4.65. The summed E-state index contributed by atoms with van der Waals surface area (Å²) < 4.78 is 35.0. The number of carbonyl (C=O) groups excluding carboxylic acids is 1. The lowest BCUT2D eigenvalue weighted by molar-refractivity contribution is 0.0618. The van der Waals surface area contributed by atoms with Gasteiger partial charge in [0.25, 0.3) is 16.0 Å². The van der Waals surface area contributed by atoms with E-state index in [0.717, 1.165) is 17.7 Å². The lowest BCUT2D eigenvalue weighted by Crippen LogP contribution is -2.57. The van der Waals surface area contributed by atoms with Crippen LogP contribution in [0.5, 0.6) is 0 Å². The van der Waals surface area contributed by atoms with Crippen molar-refractivity contribution in [1.82, 2.24) is 15.2 Å². The van der Waals surface area contributed by atoms with Gasteiger partial charge in [-0.2, -0.15) is 8.42 Å². The molecule has 0 radical (unpaired) electrons. The number of aryl methyl sites for hydroxylation is 1. The molecule has 1 unspecified atom stereocenters. The molecule has 2 N–H and O–H groups in total. The first kappa shape index (κ1) is 23.2. The Kier molecular flexibility index (Phi) is 6.92. The molecule has 0 saturated carbocycles. The lowest BCUT2D eigenvalue weighted by Gasteiger charge is -2.44. The summed E-state index contributed by atoms with van der Waals surface area (Å²) in [4.78, 5) is 19.1. The molecule has 0 aliphatic carbocycles. The van der Waals surface area contributed by atoms with Crippen molar-refractivity contribution in [3.05, 3.63) is 72.1 Å². The number of benzene rings is 2. The van der Waals surface area contributed by atoms with Crippen LogP contribution >= 0.6 is 0 Å². The molecule has 0 spiro atoms. The van der Waals surface area contributed by atoms with E-state index in [4.69, 9.17) is 8.97 Å². The van der Waals surface area contributed by atoms with E-state index in [1.54, 1.807) is 12.1 Å². The third-order valence-electron chi connectivity index (χ3n) is 6.05. The molecule has 3 aliphatic heterocycles. The number of hydrogen-bond donors (Lipinski definition) is 2. The third-order valence-corrected chi connectivity index (χ3v) is 6.92. The molecule has 33 heavy (non-hydrogen) atoms. The number of nitrogens with zero attached hydrogens (tertiary/aromatic N) is 2. The van der Waals surface area contributed by atoms with E-state index in [2.05, 4.69) is 15.2 Å². The van der Waals surface area contributed by atoms with Crippen molar-refractivity contribution in [1.29, 1.82) is 0 Å². The fourth-order valence-electron chi connectivity index (χ4n) is 4.17. The van der Waals surface area contributed by atoms with Crippen LogP contribution in [0.15, 0.2) is 70.2 Å². The highest BCUT2D eigenvalue weighted by molar-refractivity contribution is 7.85. The monoisotopic (exact) mass is 469 g/mol. The van der Waals surface area contributed by atoms with E-state index < -0.39 is 10.1 Å². The van der Waals surface area contributed by atoms with Gasteiger partial charge in [0.2, 0.25) is 5.89 Å². The van der Waals surface area contributed by atoms with Crippen LogP contribution < -0.4 is 5.32 Å². The van der Waals surface area contributed by atoms with Crippen molar-refractivity contribution < 1.29 is 22.2 Å². The highest BCUT2D eigenvalue weighted by Crippen LogP contribution is 2.27. The first-order valence-corrected chi connectivity index (χ1v) is 12.3. The zero-order valence-electron chi connectivity index (χ0n) is 18.3. The Bertz CT molecular complexity index is 1180. The van der Waals surface area contributed by atoms with Crippen LogP contribution in [-0.2, 0) is 10.1 Å². The van der Waals surface area contributed by atoms with E-state index >= 15 is 0 Å². The van der Waals surface area contributed by atoms with Gasteiger partial charge < -0.3 is 14.6 Å². The standard InChI is InChI=1S/C17H19N3O2.C7H8O3S/c21-16(18-14-10-20-8-6-12(14)7-9-20)15-11-22-17(19-15)13-4-2-1-3-5-13;1-6-2-4-7(5-3-6)11(8,9)10/h1-5,11-12,14H,6-10H2,(H,18,21);2-5H,1H3,(H,8,9,10). The number of oxazole rings is 1. The molecular formula is C24H27N3O5S. The summed E-state index contributed by atoms with van der Waals surface area (Å²) in [5, 5.41) is 3.13. The number of fused-ring (bicyclic) bond motifs is 3. The molecule has 8 nitrogen and oxygen atoms in total. The Morgan fingerprint density at radius 3 is 2.33 bits per heavy atom. The molecule has 4 heterocycles. The average molecular weight is 470 g/mol. The largest absolute Gasteiger partial charge is 0.444 e. The fraction of sp³-hybridized carbons (Fsp3) is 0.333. The minimum Gasteiger partial charge on any atom is -0.444 e. The topological polar surface area (TPSA) is 113 Å². The van der Waals surface area contributed by atoms with E-state index in [1.807, 2.05) is 37.3 Å². The van der Waals surface area contributed by atoms with Gasteiger partial charge in [-0.05, 0) is 63.0 Å². The van der Waals surface area contributed by atoms with Crippen LogP contribution in [0.4, 0.5) is 0 Å². The third kappa shape index (κ3) is 5.87. The van der Waals surface area contributed by atoms with E-state index in [1.165, 1.54) is 44.3 Å². The first-order chi connectivity index (χ1) is 15.8. The molecule has 174 valence electrons. The Labute approximate surface area is 193 Å². The van der Waals surface area contributed by atoms with Gasteiger partial charge in [-0.3, -0.25) is 9.35 Å². The summed E-state index contributed by atoms with van der Waals surface area (Å²) in [5.74, 6) is 0.957. The predicted molar refractivity (Wildman–Crippen MR) is 123 cm³/mol. The Hall–Kier alpha value is -3.01. The maximum Gasteiger partial charge on any atom is 0.294 e. The number of amides is 1. The van der Waals surface area contributed by atoms with Crippen molar-refractivity contribution in [3.8, 4) is 11.5 Å². The zero-order chi connectivity index (χ0) is 23.4. The summed E-state index contributed by atoms with van der Waals surface area (Å²) in [6.45, 7) is 5.13. The Balaban J connectivity index is 0.000000200. The van der Waals surface area contributed by atoms with Crippen molar-refractivity contribution in [2.45, 2.75) is 30.7 Å². The van der Waals surface area contributed by atoms with Crippen molar-refractivity contribution >= 4 is 16.0 Å². The molecule has 1 amide bonds. The van der Waals surface area contributed by atoms with Crippen molar-refractivity contribution in [2.24, 2.45) is 5.92 Å². The molecule has 6 rings (SSSR count). The van der Waals surface area contributed by atoms with Crippen LogP contribution in [0.25, 0.3) is 11.5 Å². The molecule has 1 atom stereocenters. The molecule has 3 saturated heterocycles. The summed E-state index contributed by atoms with van der Waals surface area (Å²) in [5.41, 5.74) is 2.19. The molecular weight excluding hydrogens is 442 g/mol. The Morgan fingerprint density at radius 2 is 1.76 bits per heavy atom. The van der Waals surface area contributed by atoms with Crippen LogP contribution in [0.3, 0.4) is 0 Å². The lowest BCUT2D eigenvalue weighted by atomic mass is 9.84. The van der Waals surface area contributed by atoms with Gasteiger partial charge in [-0.1, -0.05) is 35.9 Å². The van der Waals surface area contributed by atoms with Crippen LogP contribution in [-0.4, -0.2) is 54.4 Å². The second-order valence-corrected chi connectivity index (χ2v) is 9.83. The SMILES string of the molecule is Cc1ccc(S(=O)(=O)O)cc1.O=C(NC1CN2CCC1CC2)c1coc(-c2ccccc2)n1. The van der Waals surface area contributed by atoms with Crippen molar-refractivity contribution in [2.75, 3.05) is 19.6 Å². The number of nitrogens with one attached hydrogen (secondary N) is 1. The average Bonchev–Trinajstić information content (AvgIpc) is 3.31. The highest BCUT2D eigenvalue weighted by Gasteiger charge is 2.35. The summed E-state index contributed by atoms with van der Waals surface area (Å²) in [6.07, 6.45) is 3.80. The van der Waals surface area contributed by atoms with Gasteiger partial charge in [0.05, 0.1) is 4.90 Å². The van der Waals surface area contributed by atoms with Gasteiger partial charge in [0, 0.05) is 18.2 Å². The van der Waals surface area contributed by atoms with Crippen molar-refractivity contribution in [3.63, 3.8) is 0 Å². The number of hydrogen-bond acceptors (Lipinski definition) is 6. The van der Waals surface area contributed by atoms with Gasteiger partial charge in [0.15, 0.2) is 5.69 Å². The van der Waals surface area contributed by atoms with E-state index in [-0.39, 0.29) is 16.8 Å². The maximum atomic E-state index is 12.4. The number of piperidine rings is 3. The molecule has 3 aromatic rings. The number of rotatable bonds is 4. The molecule has 3 fully saturated rings. The van der Waals surface area contributed by atoms with Crippen LogP contribution in [0.1, 0.15) is 28.9 Å². The molecule has 1 aromatic heterocycles. The highest BCUT2D eigenvalue weighted by atomic mass is 32.2. The predicted octanol–water partition coefficient (Wildman–Crippen LogP) is 3.41. The first-order valence-electron chi connectivity index (χ1n) is 10.9. The molecule has 9 heteroatoms. The number of carbonyl (C=O) groups is 1.